The van der Waals surface area contributed by atoms with E-state index in [1.54, 1.807) is 11.9 Å². The summed E-state index contributed by atoms with van der Waals surface area (Å²) in [6.07, 6.45) is 2.75. The van der Waals surface area contributed by atoms with Gasteiger partial charge in [-0.1, -0.05) is 24.3 Å². The Labute approximate surface area is 185 Å². The highest BCUT2D eigenvalue weighted by molar-refractivity contribution is 6.09. The number of nitrogens with one attached hydrogen (secondary N) is 1. The van der Waals surface area contributed by atoms with Gasteiger partial charge < -0.3 is 10.2 Å². The Morgan fingerprint density at radius 3 is 2.59 bits per heavy atom. The molecule has 0 saturated carbocycles. The van der Waals surface area contributed by atoms with Crippen LogP contribution in [-0.4, -0.2) is 46.2 Å². The summed E-state index contributed by atoms with van der Waals surface area (Å²) < 4.78 is 0. The smallest absolute Gasteiger partial charge is 0.325 e. The van der Waals surface area contributed by atoms with Crippen molar-refractivity contribution in [2.75, 3.05) is 13.6 Å². The Morgan fingerprint density at radius 2 is 1.91 bits per heavy atom. The van der Waals surface area contributed by atoms with Gasteiger partial charge in [-0.25, -0.2) is 4.79 Å². The van der Waals surface area contributed by atoms with Crippen LogP contribution in [0.1, 0.15) is 42.5 Å². The number of aryl methyl sites for hydroxylation is 1. The molecule has 2 aromatic carbocycles. The summed E-state index contributed by atoms with van der Waals surface area (Å²) in [5.41, 5.74) is 1.20. The molecule has 1 fully saturated rings. The SMILES string of the molecule is CN(C(=O)CN1C(=O)NC(C)(c2ccc([N+](=O)[O-])cc2)C1=O)C1CCCc2ccccc21. The first kappa shape index (κ1) is 21.5. The molecule has 32 heavy (non-hydrogen) atoms. The quantitative estimate of drug-likeness (QED) is 0.440. The van der Waals surface area contributed by atoms with Gasteiger partial charge in [-0.2, -0.15) is 0 Å². The molecule has 9 nitrogen and oxygen atoms in total. The van der Waals surface area contributed by atoms with Crippen LogP contribution in [0.25, 0.3) is 0 Å². The first-order chi connectivity index (χ1) is 15.2. The number of fused-ring (bicyclic) bond motifs is 1. The predicted octanol–water partition coefficient (Wildman–Crippen LogP) is 2.90. The number of amides is 4. The summed E-state index contributed by atoms with van der Waals surface area (Å²) >= 11 is 0. The minimum Gasteiger partial charge on any atom is -0.337 e. The summed E-state index contributed by atoms with van der Waals surface area (Å²) in [6, 6.07) is 12.7. The number of rotatable bonds is 5. The van der Waals surface area contributed by atoms with Crippen molar-refractivity contribution >= 4 is 23.5 Å². The van der Waals surface area contributed by atoms with Gasteiger partial charge in [-0.05, 0) is 55.0 Å². The lowest BCUT2D eigenvalue weighted by Gasteiger charge is -2.34. The number of nitrogens with zero attached hydrogens (tertiary/aromatic N) is 3. The Hall–Kier alpha value is -3.75. The third kappa shape index (κ3) is 3.59. The number of imide groups is 1. The van der Waals surface area contributed by atoms with Crippen molar-refractivity contribution in [1.29, 1.82) is 0 Å². The third-order valence-electron chi connectivity index (χ3n) is 6.42. The molecular weight excluding hydrogens is 412 g/mol. The van der Waals surface area contributed by atoms with Crippen LogP contribution in [0.15, 0.2) is 48.5 Å². The predicted molar refractivity (Wildman–Crippen MR) is 116 cm³/mol. The van der Waals surface area contributed by atoms with E-state index in [0.717, 1.165) is 29.7 Å². The molecule has 0 bridgehead atoms. The van der Waals surface area contributed by atoms with E-state index in [4.69, 9.17) is 0 Å². The normalized spacial score (nSPS) is 22.3. The molecule has 0 spiro atoms. The molecular formula is C23H24N4O5. The van der Waals surface area contributed by atoms with Gasteiger partial charge in [0.15, 0.2) is 0 Å². The molecule has 1 heterocycles. The minimum atomic E-state index is -1.40. The maximum absolute atomic E-state index is 13.1. The van der Waals surface area contributed by atoms with Crippen molar-refractivity contribution in [2.24, 2.45) is 0 Å². The van der Waals surface area contributed by atoms with Gasteiger partial charge >= 0.3 is 6.03 Å². The molecule has 1 N–H and O–H groups in total. The second-order valence-electron chi connectivity index (χ2n) is 8.36. The molecule has 2 atom stereocenters. The van der Waals surface area contributed by atoms with Crippen LogP contribution in [0.4, 0.5) is 10.5 Å². The molecule has 0 aromatic heterocycles. The molecule has 2 aromatic rings. The number of urea groups is 1. The number of non-ortho nitro benzene ring substituents is 1. The average Bonchev–Trinajstić information content (AvgIpc) is 3.02. The molecule has 9 heteroatoms. The molecule has 2 unspecified atom stereocenters. The Kier molecular flexibility index (Phi) is 5.41. The summed E-state index contributed by atoms with van der Waals surface area (Å²) in [4.78, 5) is 51.6. The summed E-state index contributed by atoms with van der Waals surface area (Å²) in [5.74, 6) is -0.898. The van der Waals surface area contributed by atoms with Crippen molar-refractivity contribution in [3.05, 3.63) is 75.3 Å². The summed E-state index contributed by atoms with van der Waals surface area (Å²) in [5, 5.41) is 13.5. The van der Waals surface area contributed by atoms with Crippen molar-refractivity contribution in [3.8, 4) is 0 Å². The zero-order chi connectivity index (χ0) is 23.0. The van der Waals surface area contributed by atoms with Gasteiger partial charge in [0.2, 0.25) is 5.91 Å². The highest BCUT2D eigenvalue weighted by Gasteiger charge is 2.50. The highest BCUT2D eigenvalue weighted by Crippen LogP contribution is 2.34. The zero-order valence-electron chi connectivity index (χ0n) is 17.9. The van der Waals surface area contributed by atoms with Gasteiger partial charge in [0.05, 0.1) is 11.0 Å². The molecule has 1 saturated heterocycles. The fourth-order valence-electron chi connectivity index (χ4n) is 4.50. The third-order valence-corrected chi connectivity index (χ3v) is 6.42. The van der Waals surface area contributed by atoms with Crippen LogP contribution < -0.4 is 5.32 Å². The number of hydrogen-bond donors (Lipinski definition) is 1. The van der Waals surface area contributed by atoms with Crippen molar-refractivity contribution in [3.63, 3.8) is 0 Å². The van der Waals surface area contributed by atoms with Gasteiger partial charge in [0.1, 0.15) is 12.1 Å². The zero-order valence-corrected chi connectivity index (χ0v) is 17.9. The van der Waals surface area contributed by atoms with Crippen LogP contribution in [0.3, 0.4) is 0 Å². The van der Waals surface area contributed by atoms with Gasteiger partial charge in [0, 0.05) is 19.2 Å². The Balaban J connectivity index is 1.51. The molecule has 1 aliphatic carbocycles. The van der Waals surface area contributed by atoms with Crippen LogP contribution >= 0.6 is 0 Å². The fraction of sp³-hybridized carbons (Fsp3) is 0.348. The number of carbonyl (C=O) groups is 3. The average molecular weight is 436 g/mol. The van der Waals surface area contributed by atoms with E-state index in [-0.39, 0.29) is 24.2 Å². The molecule has 166 valence electrons. The van der Waals surface area contributed by atoms with E-state index in [1.165, 1.54) is 36.8 Å². The van der Waals surface area contributed by atoms with Crippen molar-refractivity contribution in [2.45, 2.75) is 37.8 Å². The first-order valence-corrected chi connectivity index (χ1v) is 10.4. The molecule has 4 rings (SSSR count). The van der Waals surface area contributed by atoms with E-state index in [1.807, 2.05) is 18.2 Å². The second kappa shape index (κ2) is 8.07. The van der Waals surface area contributed by atoms with E-state index < -0.39 is 22.4 Å². The number of hydrogen-bond acceptors (Lipinski definition) is 5. The number of nitro groups is 1. The number of benzene rings is 2. The minimum absolute atomic E-state index is 0.103. The van der Waals surface area contributed by atoms with Crippen LogP contribution in [0.2, 0.25) is 0 Å². The molecule has 0 radical (unpaired) electrons. The van der Waals surface area contributed by atoms with E-state index in [2.05, 4.69) is 11.4 Å². The maximum atomic E-state index is 13.1. The lowest BCUT2D eigenvalue weighted by atomic mass is 9.87. The topological polar surface area (TPSA) is 113 Å². The van der Waals surface area contributed by atoms with Gasteiger partial charge in [-0.3, -0.25) is 24.6 Å². The van der Waals surface area contributed by atoms with Crippen LogP contribution in [-0.2, 0) is 21.5 Å². The second-order valence-corrected chi connectivity index (χ2v) is 8.36. The summed E-state index contributed by atoms with van der Waals surface area (Å²) in [6.45, 7) is 1.16. The summed E-state index contributed by atoms with van der Waals surface area (Å²) in [7, 11) is 1.70. The monoisotopic (exact) mass is 436 g/mol. The largest absolute Gasteiger partial charge is 0.337 e. The van der Waals surface area contributed by atoms with Gasteiger partial charge in [-0.15, -0.1) is 0 Å². The standard InChI is InChI=1S/C23H24N4O5/c1-23(16-10-12-17(13-11-16)27(31)32)21(29)26(22(30)24-23)14-20(28)25(2)19-9-5-7-15-6-3-4-8-18(15)19/h3-4,6,8,10-13,19H,5,7,9,14H2,1-2H3,(H,24,30). The van der Waals surface area contributed by atoms with Gasteiger partial charge in [0.25, 0.3) is 11.6 Å². The van der Waals surface area contributed by atoms with Crippen molar-refractivity contribution in [1.82, 2.24) is 15.1 Å². The lowest BCUT2D eigenvalue weighted by Crippen LogP contribution is -2.44. The number of likely N-dealkylation sites (N-methyl/N-ethyl adjacent to an activating group) is 1. The fourth-order valence-corrected chi connectivity index (χ4v) is 4.50. The van der Waals surface area contributed by atoms with E-state index in [0.29, 0.717) is 5.56 Å². The Bertz CT molecular complexity index is 1100. The Morgan fingerprint density at radius 1 is 1.22 bits per heavy atom. The number of carbonyl (C=O) groups excluding carboxylic acids is 3. The molecule has 4 amide bonds. The molecule has 2 aliphatic rings. The highest BCUT2D eigenvalue weighted by atomic mass is 16.6. The van der Waals surface area contributed by atoms with Crippen LogP contribution in [0, 0.1) is 10.1 Å². The maximum Gasteiger partial charge on any atom is 0.325 e. The van der Waals surface area contributed by atoms with E-state index in [9.17, 15) is 24.5 Å². The lowest BCUT2D eigenvalue weighted by molar-refractivity contribution is -0.384. The van der Waals surface area contributed by atoms with Crippen molar-refractivity contribution < 1.29 is 19.3 Å². The van der Waals surface area contributed by atoms with Crippen LogP contribution in [0.5, 0.6) is 0 Å². The number of nitro benzene ring substituents is 1. The van der Waals surface area contributed by atoms with E-state index >= 15 is 0 Å². The first-order valence-electron chi connectivity index (χ1n) is 10.4. The molecule has 1 aliphatic heterocycles.